The van der Waals surface area contributed by atoms with E-state index in [0.717, 1.165) is 15.7 Å². The van der Waals surface area contributed by atoms with Crippen molar-refractivity contribution in [2.24, 2.45) is 0 Å². The zero-order chi connectivity index (χ0) is 17.3. The molecule has 0 bridgehead atoms. The molecule has 0 aromatic heterocycles. The smallest absolute Gasteiger partial charge is 0.256 e. The Bertz CT molecular complexity index is 820. The molecule has 0 atom stereocenters. The highest BCUT2D eigenvalue weighted by Gasteiger charge is 2.26. The second-order valence-electron chi connectivity index (χ2n) is 5.12. The summed E-state index contributed by atoms with van der Waals surface area (Å²) in [5.74, 6) is 1.58. The highest BCUT2D eigenvalue weighted by atomic mass is 79.9. The summed E-state index contributed by atoms with van der Waals surface area (Å²) in [6.07, 6.45) is 1.77. The first-order valence-electron chi connectivity index (χ1n) is 7.21. The number of rotatable bonds is 4. The van der Waals surface area contributed by atoms with E-state index < -0.39 is 0 Å². The number of ether oxygens (including phenoxy) is 3. The van der Waals surface area contributed by atoms with Gasteiger partial charge in [-0.3, -0.25) is 4.79 Å². The third-order valence-corrected chi connectivity index (χ3v) is 4.49. The van der Waals surface area contributed by atoms with Crippen LogP contribution in [0.25, 0.3) is 11.6 Å². The van der Waals surface area contributed by atoms with E-state index in [2.05, 4.69) is 21.2 Å². The molecular formula is C18H16BrNO4. The predicted molar refractivity (Wildman–Crippen MR) is 96.7 cm³/mol. The Morgan fingerprint density at radius 3 is 2.29 bits per heavy atom. The second kappa shape index (κ2) is 6.57. The lowest BCUT2D eigenvalue weighted by Crippen LogP contribution is -2.04. The number of nitrogens with one attached hydrogen (secondary N) is 1. The van der Waals surface area contributed by atoms with Gasteiger partial charge in [-0.15, -0.1) is 0 Å². The summed E-state index contributed by atoms with van der Waals surface area (Å²) in [7, 11) is 4.70. The van der Waals surface area contributed by atoms with Gasteiger partial charge in [-0.25, -0.2) is 0 Å². The molecule has 0 saturated heterocycles. The fourth-order valence-electron chi connectivity index (χ4n) is 2.64. The fourth-order valence-corrected chi connectivity index (χ4v) is 3.11. The molecule has 2 aromatic carbocycles. The molecule has 3 rings (SSSR count). The summed E-state index contributed by atoms with van der Waals surface area (Å²) < 4.78 is 17.0. The summed E-state index contributed by atoms with van der Waals surface area (Å²) in [6, 6.07) is 9.18. The van der Waals surface area contributed by atoms with Gasteiger partial charge in [0.05, 0.1) is 32.6 Å². The van der Waals surface area contributed by atoms with Gasteiger partial charge < -0.3 is 19.5 Å². The number of carbonyl (C=O) groups is 1. The first kappa shape index (κ1) is 16.4. The van der Waals surface area contributed by atoms with Crippen LogP contribution in [0.5, 0.6) is 17.2 Å². The Balaban J connectivity index is 2.19. The third-order valence-electron chi connectivity index (χ3n) is 3.83. The van der Waals surface area contributed by atoms with Crippen LogP contribution in [0.1, 0.15) is 11.1 Å². The van der Waals surface area contributed by atoms with Gasteiger partial charge in [0, 0.05) is 27.7 Å². The van der Waals surface area contributed by atoms with E-state index in [1.165, 1.54) is 0 Å². The van der Waals surface area contributed by atoms with Crippen LogP contribution in [-0.4, -0.2) is 27.2 Å². The molecule has 2 aromatic rings. The number of fused-ring (bicyclic) bond motifs is 1. The van der Waals surface area contributed by atoms with Gasteiger partial charge in [-0.05, 0) is 28.1 Å². The van der Waals surface area contributed by atoms with Crippen LogP contribution in [0.2, 0.25) is 0 Å². The highest BCUT2D eigenvalue weighted by Crippen LogP contribution is 2.41. The minimum Gasteiger partial charge on any atom is -0.496 e. The maximum absolute atomic E-state index is 12.4. The standard InChI is InChI=1S/C18H16BrNO4/c1-22-10-7-15(23-2)13(16(8-10)24-3)9-12-11-5-4-6-14(19)17(11)20-18(12)21/h4-9H,1-3H3,(H,20,21)/b12-9-. The summed E-state index contributed by atoms with van der Waals surface area (Å²) in [4.78, 5) is 12.4. The summed E-state index contributed by atoms with van der Waals surface area (Å²) in [5, 5.41) is 2.87. The first-order valence-corrected chi connectivity index (χ1v) is 8.00. The van der Waals surface area contributed by atoms with Crippen molar-refractivity contribution in [3.8, 4) is 17.2 Å². The molecule has 0 aliphatic carbocycles. The SMILES string of the molecule is COc1cc(OC)c(/C=C2\C(=O)Nc3c(Br)cccc32)c(OC)c1. The van der Waals surface area contributed by atoms with Crippen LogP contribution in [0, 0.1) is 0 Å². The Morgan fingerprint density at radius 2 is 1.71 bits per heavy atom. The van der Waals surface area contributed by atoms with Crippen molar-refractivity contribution in [3.63, 3.8) is 0 Å². The summed E-state index contributed by atoms with van der Waals surface area (Å²) in [6.45, 7) is 0. The van der Waals surface area contributed by atoms with Crippen LogP contribution < -0.4 is 19.5 Å². The minimum atomic E-state index is -0.170. The molecule has 1 heterocycles. The number of para-hydroxylation sites is 1. The van der Waals surface area contributed by atoms with Crippen molar-refractivity contribution in [3.05, 3.63) is 45.9 Å². The lowest BCUT2D eigenvalue weighted by Gasteiger charge is -2.13. The number of methoxy groups -OCH3 is 3. The average Bonchev–Trinajstić information content (AvgIpc) is 2.92. The second-order valence-corrected chi connectivity index (χ2v) is 5.97. The molecule has 1 amide bonds. The van der Waals surface area contributed by atoms with Crippen molar-refractivity contribution in [1.82, 2.24) is 0 Å². The third kappa shape index (κ3) is 2.73. The van der Waals surface area contributed by atoms with Gasteiger partial charge in [-0.1, -0.05) is 12.1 Å². The summed E-state index contributed by atoms with van der Waals surface area (Å²) >= 11 is 3.45. The molecule has 1 aliphatic rings. The largest absolute Gasteiger partial charge is 0.496 e. The molecule has 5 nitrogen and oxygen atoms in total. The average molecular weight is 390 g/mol. The number of halogens is 1. The summed E-state index contributed by atoms with van der Waals surface area (Å²) in [5.41, 5.74) is 2.82. The number of anilines is 1. The van der Waals surface area contributed by atoms with Crippen molar-refractivity contribution < 1.29 is 19.0 Å². The minimum absolute atomic E-state index is 0.170. The lowest BCUT2D eigenvalue weighted by atomic mass is 10.0. The number of amides is 1. The molecule has 0 saturated carbocycles. The van der Waals surface area contributed by atoms with E-state index in [0.29, 0.717) is 28.4 Å². The van der Waals surface area contributed by atoms with Gasteiger partial charge in [0.15, 0.2) is 0 Å². The van der Waals surface area contributed by atoms with Crippen molar-refractivity contribution in [2.45, 2.75) is 0 Å². The molecule has 0 fully saturated rings. The first-order chi connectivity index (χ1) is 11.6. The molecule has 1 N–H and O–H groups in total. The molecule has 6 heteroatoms. The van der Waals surface area contributed by atoms with Crippen molar-refractivity contribution in [1.29, 1.82) is 0 Å². The van der Waals surface area contributed by atoms with Crippen LogP contribution in [0.15, 0.2) is 34.8 Å². The number of benzene rings is 2. The Kier molecular flexibility index (Phi) is 4.49. The van der Waals surface area contributed by atoms with Gasteiger partial charge in [0.2, 0.25) is 0 Å². The monoisotopic (exact) mass is 389 g/mol. The van der Waals surface area contributed by atoms with E-state index >= 15 is 0 Å². The van der Waals surface area contributed by atoms with Crippen molar-refractivity contribution in [2.75, 3.05) is 26.6 Å². The normalized spacial score (nSPS) is 14.3. The maximum Gasteiger partial charge on any atom is 0.256 e. The number of hydrogen-bond donors (Lipinski definition) is 1. The number of hydrogen-bond acceptors (Lipinski definition) is 4. The molecule has 0 unspecified atom stereocenters. The van der Waals surface area contributed by atoms with E-state index in [1.807, 2.05) is 18.2 Å². The molecule has 0 radical (unpaired) electrons. The Labute approximate surface area is 148 Å². The quantitative estimate of drug-likeness (QED) is 0.803. The van der Waals surface area contributed by atoms with Gasteiger partial charge in [0.1, 0.15) is 17.2 Å². The highest BCUT2D eigenvalue weighted by molar-refractivity contribution is 9.10. The van der Waals surface area contributed by atoms with Gasteiger partial charge >= 0.3 is 0 Å². The maximum atomic E-state index is 12.4. The molecule has 24 heavy (non-hydrogen) atoms. The van der Waals surface area contributed by atoms with Crippen LogP contribution in [0.3, 0.4) is 0 Å². The zero-order valence-corrected chi connectivity index (χ0v) is 15.1. The molecule has 0 spiro atoms. The fraction of sp³-hybridized carbons (Fsp3) is 0.167. The van der Waals surface area contributed by atoms with E-state index in [4.69, 9.17) is 14.2 Å². The molecule has 124 valence electrons. The number of carbonyl (C=O) groups excluding carboxylic acids is 1. The van der Waals surface area contributed by atoms with E-state index in [9.17, 15) is 4.79 Å². The van der Waals surface area contributed by atoms with E-state index in [1.54, 1.807) is 39.5 Å². The predicted octanol–water partition coefficient (Wildman–Crippen LogP) is 3.97. The van der Waals surface area contributed by atoms with Crippen LogP contribution in [-0.2, 0) is 4.79 Å². The topological polar surface area (TPSA) is 56.8 Å². The lowest BCUT2D eigenvalue weighted by molar-refractivity contribution is -0.110. The molecule has 1 aliphatic heterocycles. The van der Waals surface area contributed by atoms with Crippen LogP contribution >= 0.6 is 15.9 Å². The van der Waals surface area contributed by atoms with Gasteiger partial charge in [-0.2, -0.15) is 0 Å². The zero-order valence-electron chi connectivity index (χ0n) is 13.5. The molecular weight excluding hydrogens is 374 g/mol. The van der Waals surface area contributed by atoms with Gasteiger partial charge in [0.25, 0.3) is 5.91 Å². The van der Waals surface area contributed by atoms with Crippen LogP contribution in [0.4, 0.5) is 5.69 Å². The Morgan fingerprint density at radius 1 is 1.04 bits per heavy atom. The van der Waals surface area contributed by atoms with Crippen molar-refractivity contribution >= 4 is 39.2 Å². The Hall–Kier alpha value is -2.47. The van der Waals surface area contributed by atoms with E-state index in [-0.39, 0.29) is 5.91 Å².